The Morgan fingerprint density at radius 2 is 2.00 bits per heavy atom. The number of rotatable bonds is 3. The Morgan fingerprint density at radius 3 is 2.77 bits per heavy atom. The number of thioether (sulfide) groups is 1. The van der Waals surface area contributed by atoms with Crippen LogP contribution in [0.4, 0.5) is 5.82 Å². The molecule has 2 heterocycles. The van der Waals surface area contributed by atoms with Gasteiger partial charge in [-0.05, 0) is 29.3 Å². The fourth-order valence-electron chi connectivity index (χ4n) is 2.98. The number of phenolic OH excluding ortho intramolecular Hbond substituents is 1. The zero-order valence-electron chi connectivity index (χ0n) is 13.7. The Hall–Kier alpha value is -2.44. The predicted molar refractivity (Wildman–Crippen MR) is 104 cm³/mol. The van der Waals surface area contributed by atoms with E-state index in [-0.39, 0.29) is 16.9 Å². The average Bonchev–Trinajstić information content (AvgIpc) is 2.92. The summed E-state index contributed by atoms with van der Waals surface area (Å²) in [7, 11) is 0. The first-order valence-electron chi connectivity index (χ1n) is 8.11. The molecule has 1 aliphatic heterocycles. The van der Waals surface area contributed by atoms with E-state index in [4.69, 9.17) is 11.6 Å². The monoisotopic (exact) mass is 385 g/mol. The fourth-order valence-corrected chi connectivity index (χ4v) is 4.27. The van der Waals surface area contributed by atoms with Crippen LogP contribution in [0.2, 0.25) is 5.02 Å². The van der Waals surface area contributed by atoms with Crippen molar-refractivity contribution in [2.24, 2.45) is 0 Å². The summed E-state index contributed by atoms with van der Waals surface area (Å²) in [5.41, 5.74) is 2.90. The minimum absolute atomic E-state index is 0.0375. The number of hydrogen-bond acceptors (Lipinski definition) is 4. The lowest BCUT2D eigenvalue weighted by atomic mass is 10.1. The largest absolute Gasteiger partial charge is 0.508 e. The lowest BCUT2D eigenvalue weighted by Crippen LogP contribution is -2.17. The van der Waals surface area contributed by atoms with Crippen molar-refractivity contribution in [3.8, 4) is 5.75 Å². The molecule has 1 aliphatic rings. The zero-order chi connectivity index (χ0) is 18.1. The van der Waals surface area contributed by atoms with Gasteiger partial charge in [-0.15, -0.1) is 11.8 Å². The highest BCUT2D eigenvalue weighted by Gasteiger charge is 2.27. The van der Waals surface area contributed by atoms with E-state index >= 15 is 0 Å². The van der Waals surface area contributed by atoms with Crippen LogP contribution in [0.15, 0.2) is 54.7 Å². The highest BCUT2D eigenvalue weighted by atomic mass is 35.5. The van der Waals surface area contributed by atoms with E-state index in [0.717, 1.165) is 16.7 Å². The first-order chi connectivity index (χ1) is 12.6. The summed E-state index contributed by atoms with van der Waals surface area (Å²) in [5, 5.41) is 17.6. The topological polar surface area (TPSA) is 67.1 Å². The summed E-state index contributed by atoms with van der Waals surface area (Å²) < 4.78 is 1.77. The predicted octanol–water partition coefficient (Wildman–Crippen LogP) is 4.07. The molecule has 0 spiro atoms. The molecule has 0 fully saturated rings. The van der Waals surface area contributed by atoms with Gasteiger partial charge in [0.05, 0.1) is 23.7 Å². The number of aromatic hydroxyl groups is 1. The van der Waals surface area contributed by atoms with Crippen molar-refractivity contribution in [1.82, 2.24) is 9.78 Å². The minimum atomic E-state index is -0.0570. The number of anilines is 1. The molecule has 1 amide bonds. The van der Waals surface area contributed by atoms with Crippen LogP contribution in [0.3, 0.4) is 0 Å². The Balaban J connectivity index is 1.73. The molecule has 0 unspecified atom stereocenters. The van der Waals surface area contributed by atoms with E-state index in [0.29, 0.717) is 23.1 Å². The molecule has 1 atom stereocenters. The standard InChI is InChI=1S/C19H16ClN3O2S/c20-16-4-2-1-3-13(16)10-23-19-15(9-21-23)18(26-11-17(25)22-19)12-5-7-14(24)8-6-12/h1-9,18,24H,10-11H2,(H,22,25)/t18-/m1/s1. The third-order valence-electron chi connectivity index (χ3n) is 4.26. The van der Waals surface area contributed by atoms with Crippen LogP contribution in [0.1, 0.15) is 21.9 Å². The van der Waals surface area contributed by atoms with Gasteiger partial charge in [-0.25, -0.2) is 4.68 Å². The van der Waals surface area contributed by atoms with Crippen LogP contribution in [0.5, 0.6) is 5.75 Å². The molecule has 132 valence electrons. The Bertz CT molecular complexity index is 956. The molecule has 0 saturated heterocycles. The quantitative estimate of drug-likeness (QED) is 0.713. The van der Waals surface area contributed by atoms with Crippen LogP contribution in [0, 0.1) is 0 Å². The number of benzene rings is 2. The summed E-state index contributed by atoms with van der Waals surface area (Å²) in [6.07, 6.45) is 1.79. The lowest BCUT2D eigenvalue weighted by Gasteiger charge is -2.14. The van der Waals surface area contributed by atoms with Crippen LogP contribution in [-0.4, -0.2) is 26.5 Å². The van der Waals surface area contributed by atoms with Crippen LogP contribution < -0.4 is 5.32 Å². The van der Waals surface area contributed by atoms with Crippen LogP contribution >= 0.6 is 23.4 Å². The summed E-state index contributed by atoms with van der Waals surface area (Å²) in [6.45, 7) is 0.474. The molecule has 0 aliphatic carbocycles. The first-order valence-corrected chi connectivity index (χ1v) is 9.54. The van der Waals surface area contributed by atoms with Crippen molar-refractivity contribution >= 4 is 35.1 Å². The molecule has 2 N–H and O–H groups in total. The lowest BCUT2D eigenvalue weighted by molar-refractivity contribution is -0.113. The maximum Gasteiger partial charge on any atom is 0.235 e. The minimum Gasteiger partial charge on any atom is -0.508 e. The molecule has 5 nitrogen and oxygen atoms in total. The summed E-state index contributed by atoms with van der Waals surface area (Å²) in [6, 6.07) is 14.7. The van der Waals surface area contributed by atoms with Gasteiger partial charge in [-0.3, -0.25) is 4.79 Å². The van der Waals surface area contributed by atoms with E-state index in [1.165, 1.54) is 0 Å². The van der Waals surface area contributed by atoms with Crippen LogP contribution in [0.25, 0.3) is 0 Å². The highest BCUT2D eigenvalue weighted by Crippen LogP contribution is 2.41. The molecule has 2 aromatic carbocycles. The molecule has 0 radical (unpaired) electrons. The number of halogens is 1. The van der Waals surface area contributed by atoms with Gasteiger partial charge in [-0.2, -0.15) is 5.10 Å². The van der Waals surface area contributed by atoms with E-state index in [1.807, 2.05) is 36.4 Å². The van der Waals surface area contributed by atoms with Crippen molar-refractivity contribution in [3.05, 3.63) is 76.4 Å². The second kappa shape index (κ2) is 7.05. The number of fused-ring (bicyclic) bond motifs is 1. The Kier molecular flexibility index (Phi) is 4.61. The molecular formula is C19H16ClN3O2S. The van der Waals surface area contributed by atoms with Gasteiger partial charge < -0.3 is 10.4 Å². The Labute approximate surface area is 160 Å². The maximum atomic E-state index is 12.2. The number of aromatic nitrogens is 2. The number of amides is 1. The molecule has 0 saturated carbocycles. The van der Waals surface area contributed by atoms with Gasteiger partial charge in [0.2, 0.25) is 5.91 Å². The smallest absolute Gasteiger partial charge is 0.235 e. The van der Waals surface area contributed by atoms with Crippen molar-refractivity contribution < 1.29 is 9.90 Å². The second-order valence-electron chi connectivity index (χ2n) is 6.03. The number of nitrogens with zero attached hydrogens (tertiary/aromatic N) is 2. The van der Waals surface area contributed by atoms with Gasteiger partial charge >= 0.3 is 0 Å². The number of hydrogen-bond donors (Lipinski definition) is 2. The van der Waals surface area contributed by atoms with Gasteiger partial charge in [0, 0.05) is 10.6 Å². The summed E-state index contributed by atoms with van der Waals surface area (Å²) in [5.74, 6) is 1.21. The summed E-state index contributed by atoms with van der Waals surface area (Å²) >= 11 is 7.81. The molecule has 26 heavy (non-hydrogen) atoms. The van der Waals surface area contributed by atoms with Crippen molar-refractivity contribution in [1.29, 1.82) is 0 Å². The van der Waals surface area contributed by atoms with E-state index in [9.17, 15) is 9.90 Å². The normalized spacial score (nSPS) is 16.7. The average molecular weight is 386 g/mol. The van der Waals surface area contributed by atoms with Crippen LogP contribution in [-0.2, 0) is 11.3 Å². The summed E-state index contributed by atoms with van der Waals surface area (Å²) in [4.78, 5) is 12.2. The number of carbonyl (C=O) groups excluding carboxylic acids is 1. The first kappa shape index (κ1) is 17.0. The van der Waals surface area contributed by atoms with E-state index < -0.39 is 0 Å². The van der Waals surface area contributed by atoms with Gasteiger partial charge in [-0.1, -0.05) is 41.9 Å². The van der Waals surface area contributed by atoms with Gasteiger partial charge in [0.1, 0.15) is 11.6 Å². The number of phenols is 1. The second-order valence-corrected chi connectivity index (χ2v) is 7.53. The molecule has 3 aromatic rings. The SMILES string of the molecule is O=C1CS[C@H](c2ccc(O)cc2)c2cnn(Cc3ccccc3Cl)c2N1. The van der Waals surface area contributed by atoms with Crippen molar-refractivity contribution in [2.45, 2.75) is 11.8 Å². The molecule has 4 rings (SSSR count). The van der Waals surface area contributed by atoms with Crippen molar-refractivity contribution in [2.75, 3.05) is 11.1 Å². The molecule has 0 bridgehead atoms. The van der Waals surface area contributed by atoms with Crippen molar-refractivity contribution in [3.63, 3.8) is 0 Å². The highest BCUT2D eigenvalue weighted by molar-refractivity contribution is 8.00. The van der Waals surface area contributed by atoms with Gasteiger partial charge in [0.15, 0.2) is 0 Å². The van der Waals surface area contributed by atoms with E-state index in [1.54, 1.807) is 34.8 Å². The number of nitrogens with one attached hydrogen (secondary N) is 1. The molecule has 7 heteroatoms. The third kappa shape index (κ3) is 3.30. The number of carbonyl (C=O) groups is 1. The van der Waals surface area contributed by atoms with Gasteiger partial charge in [0.25, 0.3) is 0 Å². The Morgan fingerprint density at radius 1 is 1.23 bits per heavy atom. The zero-order valence-corrected chi connectivity index (χ0v) is 15.3. The molecule has 1 aromatic heterocycles. The maximum absolute atomic E-state index is 12.2. The fraction of sp³-hybridized carbons (Fsp3) is 0.158. The third-order valence-corrected chi connectivity index (χ3v) is 5.92. The molecular weight excluding hydrogens is 370 g/mol. The van der Waals surface area contributed by atoms with E-state index in [2.05, 4.69) is 10.4 Å².